The number of carboxylic acid groups (broad SMARTS) is 1. The Morgan fingerprint density at radius 1 is 1.50 bits per heavy atom. The highest BCUT2D eigenvalue weighted by Gasteiger charge is 2.23. The van der Waals surface area contributed by atoms with Crippen molar-refractivity contribution in [1.29, 1.82) is 0 Å². The van der Waals surface area contributed by atoms with E-state index in [-0.39, 0.29) is 5.92 Å². The van der Waals surface area contributed by atoms with Gasteiger partial charge in [-0.05, 0) is 40.8 Å². The van der Waals surface area contributed by atoms with Crippen LogP contribution in [0.1, 0.15) is 13.8 Å². The van der Waals surface area contributed by atoms with Gasteiger partial charge in [-0.2, -0.15) is 0 Å². The summed E-state index contributed by atoms with van der Waals surface area (Å²) < 4.78 is 6.25. The van der Waals surface area contributed by atoms with E-state index in [9.17, 15) is 4.79 Å². The molecule has 0 heterocycles. The number of halogens is 2. The molecule has 1 atom stereocenters. The highest BCUT2D eigenvalue weighted by molar-refractivity contribution is 14.1. The summed E-state index contributed by atoms with van der Waals surface area (Å²) in [6.07, 6.45) is -0.836. The van der Waals surface area contributed by atoms with Crippen LogP contribution < -0.4 is 4.74 Å². The fourth-order valence-electron chi connectivity index (χ4n) is 1.17. The largest absolute Gasteiger partial charge is 0.478 e. The quantitative estimate of drug-likeness (QED) is 0.843. The predicted molar refractivity (Wildman–Crippen MR) is 71.1 cm³/mol. The summed E-state index contributed by atoms with van der Waals surface area (Å²) in [4.78, 5) is 10.9. The maximum Gasteiger partial charge on any atom is 0.345 e. The molecule has 0 saturated carbocycles. The third-order valence-electron chi connectivity index (χ3n) is 2.00. The van der Waals surface area contributed by atoms with Gasteiger partial charge in [-0.15, -0.1) is 0 Å². The molecule has 16 heavy (non-hydrogen) atoms. The number of aliphatic carboxylic acids is 1. The summed E-state index contributed by atoms with van der Waals surface area (Å²) in [6.45, 7) is 3.61. The molecular formula is C11H12ClIO3. The lowest BCUT2D eigenvalue weighted by Gasteiger charge is -2.18. The minimum atomic E-state index is -0.958. The summed E-state index contributed by atoms with van der Waals surface area (Å²) in [5, 5.41) is 9.60. The molecule has 88 valence electrons. The highest BCUT2D eigenvalue weighted by Crippen LogP contribution is 2.25. The molecule has 1 N–H and O–H groups in total. The number of carbonyl (C=O) groups is 1. The lowest BCUT2D eigenvalue weighted by atomic mass is 10.1. The summed E-state index contributed by atoms with van der Waals surface area (Å²) >= 11 is 7.93. The lowest BCUT2D eigenvalue weighted by molar-refractivity contribution is -0.147. The number of rotatable bonds is 4. The first-order chi connectivity index (χ1) is 7.41. The Morgan fingerprint density at radius 2 is 2.12 bits per heavy atom. The Kier molecular flexibility index (Phi) is 4.86. The van der Waals surface area contributed by atoms with Gasteiger partial charge in [0.25, 0.3) is 0 Å². The van der Waals surface area contributed by atoms with Crippen molar-refractivity contribution in [2.24, 2.45) is 5.92 Å². The van der Waals surface area contributed by atoms with Crippen molar-refractivity contribution in [2.45, 2.75) is 20.0 Å². The Bertz CT molecular complexity index is 393. The van der Waals surface area contributed by atoms with Crippen LogP contribution in [0.4, 0.5) is 0 Å². The van der Waals surface area contributed by atoms with Crippen LogP contribution in [0.15, 0.2) is 18.2 Å². The van der Waals surface area contributed by atoms with E-state index >= 15 is 0 Å². The standard InChI is InChI=1S/C11H12ClIO3/c1-6(2)10(11(14)15)16-7-3-4-8(12)9(13)5-7/h3-6,10H,1-2H3,(H,14,15). The van der Waals surface area contributed by atoms with Crippen molar-refractivity contribution in [3.8, 4) is 5.75 Å². The van der Waals surface area contributed by atoms with E-state index in [1.165, 1.54) is 0 Å². The Hall–Kier alpha value is -0.490. The number of hydrogen-bond donors (Lipinski definition) is 1. The maximum atomic E-state index is 10.9. The molecule has 0 aliphatic carbocycles. The minimum Gasteiger partial charge on any atom is -0.478 e. The minimum absolute atomic E-state index is 0.0918. The fraction of sp³-hybridized carbons (Fsp3) is 0.364. The summed E-state index contributed by atoms with van der Waals surface area (Å²) in [5.41, 5.74) is 0. The third-order valence-corrected chi connectivity index (χ3v) is 3.54. The molecule has 0 fully saturated rings. The second kappa shape index (κ2) is 5.72. The Labute approximate surface area is 113 Å². The second-order valence-corrected chi connectivity index (χ2v) is 5.27. The molecule has 1 aromatic rings. The van der Waals surface area contributed by atoms with Gasteiger partial charge in [0.15, 0.2) is 6.10 Å². The lowest BCUT2D eigenvalue weighted by Crippen LogP contribution is -2.32. The van der Waals surface area contributed by atoms with Crippen molar-refractivity contribution in [2.75, 3.05) is 0 Å². The van der Waals surface area contributed by atoms with E-state index < -0.39 is 12.1 Å². The highest BCUT2D eigenvalue weighted by atomic mass is 127. The first-order valence-corrected chi connectivity index (χ1v) is 6.22. The van der Waals surface area contributed by atoms with E-state index in [1.807, 2.05) is 0 Å². The van der Waals surface area contributed by atoms with E-state index in [0.29, 0.717) is 10.8 Å². The normalized spacial score (nSPS) is 12.6. The molecule has 0 spiro atoms. The number of hydrogen-bond acceptors (Lipinski definition) is 2. The number of carboxylic acids is 1. The van der Waals surface area contributed by atoms with Crippen molar-refractivity contribution in [3.63, 3.8) is 0 Å². The van der Waals surface area contributed by atoms with Gasteiger partial charge in [-0.1, -0.05) is 25.4 Å². The van der Waals surface area contributed by atoms with Crippen molar-refractivity contribution < 1.29 is 14.6 Å². The molecule has 1 aromatic carbocycles. The number of ether oxygens (including phenoxy) is 1. The first kappa shape index (κ1) is 13.6. The molecule has 1 unspecified atom stereocenters. The van der Waals surface area contributed by atoms with Crippen LogP contribution in [0.25, 0.3) is 0 Å². The topological polar surface area (TPSA) is 46.5 Å². The van der Waals surface area contributed by atoms with Crippen molar-refractivity contribution in [1.82, 2.24) is 0 Å². The monoisotopic (exact) mass is 354 g/mol. The zero-order chi connectivity index (χ0) is 12.3. The molecule has 1 rings (SSSR count). The van der Waals surface area contributed by atoms with Crippen LogP contribution in [0.2, 0.25) is 5.02 Å². The molecular weight excluding hydrogens is 342 g/mol. The fourth-order valence-corrected chi connectivity index (χ4v) is 1.77. The molecule has 0 radical (unpaired) electrons. The average Bonchev–Trinajstić information content (AvgIpc) is 2.18. The van der Waals surface area contributed by atoms with Crippen LogP contribution in [0, 0.1) is 9.49 Å². The predicted octanol–water partition coefficient (Wildman–Crippen LogP) is 3.43. The van der Waals surface area contributed by atoms with E-state index in [2.05, 4.69) is 22.6 Å². The Morgan fingerprint density at radius 3 is 2.56 bits per heavy atom. The molecule has 0 aromatic heterocycles. The van der Waals surface area contributed by atoms with Gasteiger partial charge in [0.1, 0.15) is 5.75 Å². The van der Waals surface area contributed by atoms with Crippen LogP contribution >= 0.6 is 34.2 Å². The van der Waals surface area contributed by atoms with Crippen LogP contribution in [-0.2, 0) is 4.79 Å². The van der Waals surface area contributed by atoms with Crippen LogP contribution in [0.5, 0.6) is 5.75 Å². The van der Waals surface area contributed by atoms with Crippen molar-refractivity contribution >= 4 is 40.2 Å². The molecule has 0 aliphatic rings. The van der Waals surface area contributed by atoms with Gasteiger partial charge >= 0.3 is 5.97 Å². The van der Waals surface area contributed by atoms with Gasteiger partial charge in [-0.3, -0.25) is 0 Å². The zero-order valence-electron chi connectivity index (χ0n) is 8.91. The van der Waals surface area contributed by atoms with E-state index in [1.54, 1.807) is 32.0 Å². The Balaban J connectivity index is 2.86. The van der Waals surface area contributed by atoms with E-state index in [0.717, 1.165) is 3.57 Å². The summed E-state index contributed by atoms with van der Waals surface area (Å²) in [5.74, 6) is -0.527. The third kappa shape index (κ3) is 3.52. The zero-order valence-corrected chi connectivity index (χ0v) is 11.8. The molecule has 3 nitrogen and oxygen atoms in total. The SMILES string of the molecule is CC(C)C(Oc1ccc(Cl)c(I)c1)C(=O)O. The van der Waals surface area contributed by atoms with Crippen LogP contribution in [-0.4, -0.2) is 17.2 Å². The molecule has 0 aliphatic heterocycles. The molecule has 0 saturated heterocycles. The maximum absolute atomic E-state index is 10.9. The molecule has 5 heteroatoms. The molecule has 0 amide bonds. The van der Waals surface area contributed by atoms with Gasteiger partial charge in [0.2, 0.25) is 0 Å². The van der Waals surface area contributed by atoms with Crippen molar-refractivity contribution in [3.05, 3.63) is 26.8 Å². The molecule has 0 bridgehead atoms. The van der Waals surface area contributed by atoms with Gasteiger partial charge < -0.3 is 9.84 Å². The van der Waals surface area contributed by atoms with Gasteiger partial charge in [-0.25, -0.2) is 4.79 Å². The van der Waals surface area contributed by atoms with Crippen LogP contribution in [0.3, 0.4) is 0 Å². The number of benzene rings is 1. The summed E-state index contributed by atoms with van der Waals surface area (Å²) in [6, 6.07) is 5.09. The average molecular weight is 355 g/mol. The smallest absolute Gasteiger partial charge is 0.345 e. The van der Waals surface area contributed by atoms with E-state index in [4.69, 9.17) is 21.4 Å². The first-order valence-electron chi connectivity index (χ1n) is 4.76. The second-order valence-electron chi connectivity index (χ2n) is 3.70. The van der Waals surface area contributed by atoms with Gasteiger partial charge in [0.05, 0.1) is 5.02 Å². The van der Waals surface area contributed by atoms with Gasteiger partial charge in [0, 0.05) is 9.49 Å². The summed E-state index contributed by atoms with van der Waals surface area (Å²) in [7, 11) is 0.